The summed E-state index contributed by atoms with van der Waals surface area (Å²) in [6.45, 7) is 1.62. The van der Waals surface area contributed by atoms with E-state index < -0.39 is 16.1 Å². The molecule has 1 fully saturated rings. The van der Waals surface area contributed by atoms with Crippen molar-refractivity contribution in [2.75, 3.05) is 0 Å². The van der Waals surface area contributed by atoms with Crippen LogP contribution >= 0.6 is 0 Å². The molecule has 0 aliphatic carbocycles. The molecule has 22 heavy (non-hydrogen) atoms. The van der Waals surface area contributed by atoms with Gasteiger partial charge in [-0.2, -0.15) is 8.42 Å². The molecule has 116 valence electrons. The maximum Gasteiger partial charge on any atom is 0.356 e. The molecule has 1 atom stereocenters. The number of carboxylic acid groups (broad SMARTS) is 1. The molecule has 2 aliphatic heterocycles. The molecule has 1 aromatic rings. The van der Waals surface area contributed by atoms with Gasteiger partial charge in [-0.25, -0.2) is 4.79 Å². The van der Waals surface area contributed by atoms with Gasteiger partial charge in [-0.1, -0.05) is 18.2 Å². The lowest BCUT2D eigenvalue weighted by atomic mass is 10.0. The number of aryl methyl sites for hydroxylation is 1. The molecule has 2 heterocycles. The molecule has 0 saturated carbocycles. The zero-order valence-electron chi connectivity index (χ0n) is 11.6. The predicted molar refractivity (Wildman–Crippen MR) is 74.0 cm³/mol. The number of aliphatic carboxylic acids is 1. The van der Waals surface area contributed by atoms with Crippen LogP contribution in [0.5, 0.6) is 0 Å². The van der Waals surface area contributed by atoms with E-state index in [9.17, 15) is 23.1 Å². The van der Waals surface area contributed by atoms with E-state index in [1.54, 1.807) is 25.1 Å². The van der Waals surface area contributed by atoms with E-state index in [4.69, 9.17) is 4.18 Å². The van der Waals surface area contributed by atoms with Crippen molar-refractivity contribution >= 4 is 22.0 Å². The van der Waals surface area contributed by atoms with Crippen molar-refractivity contribution in [3.8, 4) is 0 Å². The Morgan fingerprint density at radius 2 is 2.00 bits per heavy atom. The second-order valence-corrected chi connectivity index (χ2v) is 6.72. The Kier molecular flexibility index (Phi) is 3.21. The van der Waals surface area contributed by atoms with Crippen LogP contribution in [0, 0.1) is 6.92 Å². The predicted octanol–water partition coefficient (Wildman–Crippen LogP) is 1.00. The summed E-state index contributed by atoms with van der Waals surface area (Å²) in [6, 6.07) is 5.94. The van der Waals surface area contributed by atoms with Crippen molar-refractivity contribution in [2.45, 2.75) is 30.7 Å². The number of amides is 1. The third-order valence-electron chi connectivity index (χ3n) is 3.75. The smallest absolute Gasteiger partial charge is 0.356 e. The monoisotopic (exact) mass is 323 g/mol. The van der Waals surface area contributed by atoms with Crippen LogP contribution in [0.3, 0.4) is 0 Å². The van der Waals surface area contributed by atoms with Gasteiger partial charge in [0.05, 0.1) is 6.04 Å². The van der Waals surface area contributed by atoms with Gasteiger partial charge in [0.1, 0.15) is 4.90 Å². The molecule has 3 rings (SSSR count). The highest BCUT2D eigenvalue weighted by Crippen LogP contribution is 2.40. The lowest BCUT2D eigenvalue weighted by Crippen LogP contribution is -2.49. The van der Waals surface area contributed by atoms with Crippen molar-refractivity contribution < 1.29 is 27.3 Å². The van der Waals surface area contributed by atoms with E-state index in [-0.39, 0.29) is 41.1 Å². The average Bonchev–Trinajstić information content (AvgIpc) is 2.71. The summed E-state index contributed by atoms with van der Waals surface area (Å²) in [6.07, 6.45) is 0.298. The minimum atomic E-state index is -4.14. The van der Waals surface area contributed by atoms with Gasteiger partial charge >= 0.3 is 16.1 Å². The SMILES string of the molecule is Cc1ccccc1S(=O)(=O)OC1=C(C(=O)O)N2C(=O)CC2C1. The second kappa shape index (κ2) is 4.84. The maximum absolute atomic E-state index is 12.3. The van der Waals surface area contributed by atoms with Crippen LogP contribution < -0.4 is 0 Å². The van der Waals surface area contributed by atoms with Gasteiger partial charge in [-0.05, 0) is 18.6 Å². The molecule has 8 heteroatoms. The van der Waals surface area contributed by atoms with E-state index >= 15 is 0 Å². The van der Waals surface area contributed by atoms with Gasteiger partial charge in [-0.3, -0.25) is 9.69 Å². The van der Waals surface area contributed by atoms with E-state index in [2.05, 4.69) is 0 Å². The Bertz CT molecular complexity index is 810. The number of nitrogens with zero attached hydrogens (tertiary/aromatic N) is 1. The first-order chi connectivity index (χ1) is 10.3. The Morgan fingerprint density at radius 1 is 1.32 bits per heavy atom. The Balaban J connectivity index is 1.98. The lowest BCUT2D eigenvalue weighted by Gasteiger charge is -2.34. The topological polar surface area (TPSA) is 101 Å². The number of carbonyl (C=O) groups is 2. The first-order valence-corrected chi connectivity index (χ1v) is 8.00. The zero-order valence-corrected chi connectivity index (χ0v) is 12.5. The summed E-state index contributed by atoms with van der Waals surface area (Å²) >= 11 is 0. The molecule has 1 amide bonds. The van der Waals surface area contributed by atoms with Crippen LogP contribution in [0.1, 0.15) is 18.4 Å². The second-order valence-electron chi connectivity index (χ2n) is 5.21. The summed E-state index contributed by atoms with van der Waals surface area (Å²) in [5, 5.41) is 9.22. The molecule has 7 nitrogen and oxygen atoms in total. The van der Waals surface area contributed by atoms with Crippen molar-refractivity contribution in [1.82, 2.24) is 4.90 Å². The quantitative estimate of drug-likeness (QED) is 0.655. The van der Waals surface area contributed by atoms with Gasteiger partial charge < -0.3 is 9.29 Å². The van der Waals surface area contributed by atoms with Gasteiger partial charge in [-0.15, -0.1) is 0 Å². The molecule has 0 spiro atoms. The Hall–Kier alpha value is -2.35. The number of benzene rings is 1. The van der Waals surface area contributed by atoms with Crippen molar-refractivity contribution in [2.24, 2.45) is 0 Å². The molecule has 1 unspecified atom stereocenters. The summed E-state index contributed by atoms with van der Waals surface area (Å²) in [5.41, 5.74) is 0.121. The van der Waals surface area contributed by atoms with E-state index in [1.807, 2.05) is 0 Å². The summed E-state index contributed by atoms with van der Waals surface area (Å²) in [4.78, 5) is 23.9. The fourth-order valence-corrected chi connectivity index (χ4v) is 3.92. The number of β-lactam (4-membered cyclic amide) rings is 1. The number of fused-ring (bicyclic) bond motifs is 1. The highest BCUT2D eigenvalue weighted by atomic mass is 32.2. The summed E-state index contributed by atoms with van der Waals surface area (Å²) in [7, 11) is -4.14. The number of carboxylic acids is 1. The highest BCUT2D eigenvalue weighted by Gasteiger charge is 2.49. The zero-order chi connectivity index (χ0) is 16.1. The van der Waals surface area contributed by atoms with E-state index in [0.717, 1.165) is 4.90 Å². The van der Waals surface area contributed by atoms with Gasteiger partial charge in [0.2, 0.25) is 5.91 Å². The fourth-order valence-electron chi connectivity index (χ4n) is 2.71. The fraction of sp³-hybridized carbons (Fsp3) is 0.286. The van der Waals surface area contributed by atoms with Crippen molar-refractivity contribution in [1.29, 1.82) is 0 Å². The van der Waals surface area contributed by atoms with Crippen molar-refractivity contribution in [3.63, 3.8) is 0 Å². The molecular weight excluding hydrogens is 310 g/mol. The van der Waals surface area contributed by atoms with Crippen LogP contribution in [0.25, 0.3) is 0 Å². The number of hydrogen-bond donors (Lipinski definition) is 1. The molecule has 0 radical (unpaired) electrons. The first-order valence-electron chi connectivity index (χ1n) is 6.60. The normalized spacial score (nSPS) is 20.7. The van der Waals surface area contributed by atoms with E-state index in [1.165, 1.54) is 6.07 Å². The maximum atomic E-state index is 12.3. The van der Waals surface area contributed by atoms with Crippen LogP contribution in [0.4, 0.5) is 0 Å². The van der Waals surface area contributed by atoms with Crippen LogP contribution in [0.15, 0.2) is 40.6 Å². The molecule has 1 saturated heterocycles. The number of hydrogen-bond acceptors (Lipinski definition) is 5. The van der Waals surface area contributed by atoms with Gasteiger partial charge in [0, 0.05) is 12.8 Å². The summed E-state index contributed by atoms with van der Waals surface area (Å²) in [5.74, 6) is -1.90. The number of rotatable bonds is 4. The molecule has 1 N–H and O–H groups in total. The molecule has 2 aliphatic rings. The molecule has 1 aromatic carbocycles. The molecule has 0 bridgehead atoms. The molecular formula is C14H13NO6S. The highest BCUT2D eigenvalue weighted by molar-refractivity contribution is 7.87. The standard InChI is InChI=1S/C14H13NO6S/c1-8-4-2-3-5-11(8)22(19,20)21-10-6-9-7-12(16)15(9)13(10)14(17)18/h2-5,9H,6-7H2,1H3,(H,17,18). The lowest BCUT2D eigenvalue weighted by molar-refractivity contribution is -0.147. The largest absolute Gasteiger partial charge is 0.476 e. The summed E-state index contributed by atoms with van der Waals surface area (Å²) < 4.78 is 29.7. The van der Waals surface area contributed by atoms with E-state index in [0.29, 0.717) is 5.56 Å². The van der Waals surface area contributed by atoms with Crippen LogP contribution in [-0.2, 0) is 23.9 Å². The van der Waals surface area contributed by atoms with Crippen LogP contribution in [-0.4, -0.2) is 36.3 Å². The third-order valence-corrected chi connectivity index (χ3v) is 5.16. The Morgan fingerprint density at radius 3 is 2.59 bits per heavy atom. The van der Waals surface area contributed by atoms with Gasteiger partial charge in [0.25, 0.3) is 0 Å². The average molecular weight is 323 g/mol. The minimum absolute atomic E-state index is 0.0205. The minimum Gasteiger partial charge on any atom is -0.476 e. The van der Waals surface area contributed by atoms with Crippen molar-refractivity contribution in [3.05, 3.63) is 41.3 Å². The third kappa shape index (κ3) is 2.16. The number of carbonyl (C=O) groups excluding carboxylic acids is 1. The molecule has 0 aromatic heterocycles. The first kappa shape index (κ1) is 14.6. The van der Waals surface area contributed by atoms with Crippen LogP contribution in [0.2, 0.25) is 0 Å². The Labute approximate surface area is 126 Å². The van der Waals surface area contributed by atoms with Gasteiger partial charge in [0.15, 0.2) is 11.5 Å².